The Morgan fingerprint density at radius 1 is 0.971 bits per heavy atom. The van der Waals surface area contributed by atoms with Crippen LogP contribution in [0.4, 0.5) is 5.69 Å². The molecule has 1 aromatic carbocycles. The quantitative estimate of drug-likeness (QED) is 0.148. The van der Waals surface area contributed by atoms with Gasteiger partial charge in [0.2, 0.25) is 5.91 Å². The van der Waals surface area contributed by atoms with Crippen molar-refractivity contribution in [2.75, 3.05) is 11.9 Å². The smallest absolute Gasteiger partial charge is 0.326 e. The Kier molecular flexibility index (Phi) is 14.1. The molecule has 0 bridgehead atoms. The minimum Gasteiger partial charge on any atom is -0.480 e. The monoisotopic (exact) mass is 470 g/mol. The predicted molar refractivity (Wildman–Crippen MR) is 141 cm³/mol. The molecule has 190 valence electrons. The molecule has 0 aromatic heterocycles. The number of carbonyl (C=O) groups is 2. The maximum atomic E-state index is 12.3. The molecule has 1 amide bonds. The Hall–Kier alpha value is -2.30. The van der Waals surface area contributed by atoms with Crippen LogP contribution in [0.5, 0.6) is 0 Å². The highest BCUT2D eigenvalue weighted by Crippen LogP contribution is 2.34. The number of unbranched alkanes of at least 4 members (excludes halogenated alkanes) is 11. The van der Waals surface area contributed by atoms with E-state index in [1.54, 1.807) is 0 Å². The van der Waals surface area contributed by atoms with Crippen molar-refractivity contribution in [2.45, 2.75) is 115 Å². The zero-order valence-corrected chi connectivity index (χ0v) is 21.2. The summed E-state index contributed by atoms with van der Waals surface area (Å²) < 4.78 is 0. The van der Waals surface area contributed by atoms with Crippen LogP contribution in [0, 0.1) is 0 Å². The van der Waals surface area contributed by atoms with Crippen molar-refractivity contribution in [1.29, 1.82) is 0 Å². The first-order chi connectivity index (χ1) is 16.6. The molecule has 5 heteroatoms. The van der Waals surface area contributed by atoms with E-state index >= 15 is 0 Å². The van der Waals surface area contributed by atoms with Gasteiger partial charge in [0.05, 0.1) is 0 Å². The van der Waals surface area contributed by atoms with Crippen molar-refractivity contribution in [3.05, 3.63) is 42.0 Å². The van der Waals surface area contributed by atoms with Gasteiger partial charge in [-0.25, -0.2) is 4.79 Å². The zero-order valence-electron chi connectivity index (χ0n) is 21.2. The van der Waals surface area contributed by atoms with E-state index in [-0.39, 0.29) is 11.8 Å². The standard InChI is InChI=1S/C29H46N2O3/c1-2-3-4-5-6-7-8-9-10-11-12-13-14-15-16-21-28(32)31-27(29(33)34)22-24-23-30-26-20-18-17-19-25(24)26/h9-10,17-20,24,27,30H,2-8,11-16,21-23H2,1H3,(H,31,32)(H,33,34)/b10-9-/t24?,27-/m1/s1. The van der Waals surface area contributed by atoms with Crippen LogP contribution in [0.3, 0.4) is 0 Å². The molecule has 1 aliphatic rings. The summed E-state index contributed by atoms with van der Waals surface area (Å²) >= 11 is 0. The number of hydrogen-bond acceptors (Lipinski definition) is 3. The largest absolute Gasteiger partial charge is 0.480 e. The second kappa shape index (κ2) is 17.2. The van der Waals surface area contributed by atoms with Gasteiger partial charge in [-0.05, 0) is 50.2 Å². The minimum atomic E-state index is -0.956. The summed E-state index contributed by atoms with van der Waals surface area (Å²) in [6.07, 6.45) is 21.3. The summed E-state index contributed by atoms with van der Waals surface area (Å²) in [5.74, 6) is -0.996. The van der Waals surface area contributed by atoms with E-state index in [9.17, 15) is 14.7 Å². The normalized spacial score (nSPS) is 15.7. The number of aliphatic carboxylic acids is 1. The molecule has 5 nitrogen and oxygen atoms in total. The fourth-order valence-electron chi connectivity index (χ4n) is 4.70. The molecule has 0 saturated heterocycles. The highest BCUT2D eigenvalue weighted by Gasteiger charge is 2.29. The number of carbonyl (C=O) groups excluding carboxylic acids is 1. The summed E-state index contributed by atoms with van der Waals surface area (Å²) in [6.45, 7) is 2.97. The number of fused-ring (bicyclic) bond motifs is 1. The fourth-order valence-corrected chi connectivity index (χ4v) is 4.70. The number of anilines is 1. The predicted octanol–water partition coefficient (Wildman–Crippen LogP) is 7.19. The van der Waals surface area contributed by atoms with Gasteiger partial charge < -0.3 is 15.7 Å². The van der Waals surface area contributed by atoms with Crippen molar-refractivity contribution in [2.24, 2.45) is 0 Å². The molecule has 0 saturated carbocycles. The van der Waals surface area contributed by atoms with Gasteiger partial charge in [0.25, 0.3) is 0 Å². The molecule has 2 rings (SSSR count). The van der Waals surface area contributed by atoms with Gasteiger partial charge in [0.1, 0.15) is 6.04 Å². The van der Waals surface area contributed by atoms with Crippen LogP contribution in [0.1, 0.15) is 115 Å². The molecule has 0 aliphatic carbocycles. The molecule has 2 atom stereocenters. The molecule has 1 aromatic rings. The molecular formula is C29H46N2O3. The lowest BCUT2D eigenvalue weighted by molar-refractivity contribution is -0.142. The molecule has 0 fully saturated rings. The first-order valence-electron chi connectivity index (χ1n) is 13.6. The van der Waals surface area contributed by atoms with Crippen molar-refractivity contribution in [1.82, 2.24) is 5.32 Å². The molecule has 1 aliphatic heterocycles. The van der Waals surface area contributed by atoms with Crippen molar-refractivity contribution in [3.63, 3.8) is 0 Å². The third-order valence-corrected chi connectivity index (χ3v) is 6.76. The summed E-state index contributed by atoms with van der Waals surface area (Å²) in [4.78, 5) is 24.0. The summed E-state index contributed by atoms with van der Waals surface area (Å²) in [6, 6.07) is 7.15. The van der Waals surface area contributed by atoms with Gasteiger partial charge in [0, 0.05) is 24.6 Å². The van der Waals surface area contributed by atoms with Crippen LogP contribution in [-0.4, -0.2) is 29.6 Å². The van der Waals surface area contributed by atoms with Crippen molar-refractivity contribution < 1.29 is 14.7 Å². The Bertz CT molecular complexity index is 747. The van der Waals surface area contributed by atoms with E-state index in [0.717, 1.165) is 36.9 Å². The van der Waals surface area contributed by atoms with Crippen molar-refractivity contribution in [3.8, 4) is 0 Å². The van der Waals surface area contributed by atoms with E-state index in [1.165, 1.54) is 57.8 Å². The fraction of sp³-hybridized carbons (Fsp3) is 0.655. The number of carboxylic acid groups (broad SMARTS) is 1. The van der Waals surface area contributed by atoms with Gasteiger partial charge >= 0.3 is 5.97 Å². The first kappa shape index (κ1) is 27.9. The number of para-hydroxylation sites is 1. The summed E-state index contributed by atoms with van der Waals surface area (Å²) in [5, 5.41) is 15.7. The molecule has 1 unspecified atom stereocenters. The van der Waals surface area contributed by atoms with Gasteiger partial charge in [-0.3, -0.25) is 4.79 Å². The van der Waals surface area contributed by atoms with E-state index in [4.69, 9.17) is 0 Å². The highest BCUT2D eigenvalue weighted by atomic mass is 16.4. The van der Waals surface area contributed by atoms with Gasteiger partial charge in [-0.2, -0.15) is 0 Å². The van der Waals surface area contributed by atoms with Crippen LogP contribution in [0.25, 0.3) is 0 Å². The number of rotatable bonds is 19. The first-order valence-corrected chi connectivity index (χ1v) is 13.6. The van der Waals surface area contributed by atoms with Crippen LogP contribution < -0.4 is 10.6 Å². The molecule has 34 heavy (non-hydrogen) atoms. The van der Waals surface area contributed by atoms with Gasteiger partial charge in [-0.1, -0.05) is 88.6 Å². The minimum absolute atomic E-state index is 0.109. The number of amides is 1. The van der Waals surface area contributed by atoms with Crippen LogP contribution in [-0.2, 0) is 9.59 Å². The maximum Gasteiger partial charge on any atom is 0.326 e. The molecule has 0 spiro atoms. The molecular weight excluding hydrogens is 424 g/mol. The van der Waals surface area contributed by atoms with Crippen LogP contribution in [0.15, 0.2) is 36.4 Å². The van der Waals surface area contributed by atoms with E-state index < -0.39 is 12.0 Å². The maximum absolute atomic E-state index is 12.3. The average molecular weight is 471 g/mol. The van der Waals surface area contributed by atoms with E-state index in [0.29, 0.717) is 19.4 Å². The molecule has 3 N–H and O–H groups in total. The number of allylic oxidation sites excluding steroid dienone is 2. The number of nitrogens with one attached hydrogen (secondary N) is 2. The third kappa shape index (κ3) is 11.2. The second-order valence-corrected chi connectivity index (χ2v) is 9.69. The van der Waals surface area contributed by atoms with Crippen LogP contribution in [0.2, 0.25) is 0 Å². The second-order valence-electron chi connectivity index (χ2n) is 9.69. The van der Waals surface area contributed by atoms with E-state index in [1.807, 2.05) is 24.3 Å². The average Bonchev–Trinajstić information content (AvgIpc) is 3.24. The highest BCUT2D eigenvalue weighted by molar-refractivity contribution is 5.83. The molecule has 1 heterocycles. The Morgan fingerprint density at radius 2 is 1.59 bits per heavy atom. The topological polar surface area (TPSA) is 78.4 Å². The Labute approximate surface area is 206 Å². The third-order valence-electron chi connectivity index (χ3n) is 6.76. The zero-order chi connectivity index (χ0) is 24.4. The van der Waals surface area contributed by atoms with E-state index in [2.05, 4.69) is 29.7 Å². The van der Waals surface area contributed by atoms with Gasteiger partial charge in [-0.15, -0.1) is 0 Å². The SMILES string of the molecule is CCCCCCCC/C=C\CCCCCCCC(=O)N[C@H](CC1CNc2ccccc21)C(=O)O. The van der Waals surface area contributed by atoms with Gasteiger partial charge in [0.15, 0.2) is 0 Å². The lowest BCUT2D eigenvalue weighted by Crippen LogP contribution is -2.41. The number of hydrogen-bond donors (Lipinski definition) is 3. The lowest BCUT2D eigenvalue weighted by Gasteiger charge is -2.18. The van der Waals surface area contributed by atoms with Crippen LogP contribution >= 0.6 is 0 Å². The Morgan fingerprint density at radius 3 is 2.26 bits per heavy atom. The number of benzene rings is 1. The Balaban J connectivity index is 1.49. The number of carboxylic acids is 1. The lowest BCUT2D eigenvalue weighted by atomic mass is 9.94. The van der Waals surface area contributed by atoms with Crippen molar-refractivity contribution >= 4 is 17.6 Å². The summed E-state index contributed by atoms with van der Waals surface area (Å²) in [5.41, 5.74) is 2.21. The summed E-state index contributed by atoms with van der Waals surface area (Å²) in [7, 11) is 0. The molecule has 0 radical (unpaired) electrons.